The minimum atomic E-state index is -0.905. The van der Waals surface area contributed by atoms with Crippen LogP contribution in [0.4, 0.5) is 0 Å². The molecule has 5 atom stereocenters. The first-order valence-electron chi connectivity index (χ1n) is 15.9. The zero-order valence-corrected chi connectivity index (χ0v) is 27.2. The van der Waals surface area contributed by atoms with Crippen molar-refractivity contribution in [2.24, 2.45) is 11.1 Å². The van der Waals surface area contributed by atoms with E-state index in [9.17, 15) is 14.4 Å². The standard InChI is InChI=1S/C37H46N4O5/c1-26(38)35(43)40-34(27(2)45-24-29-12-6-5-7-13-29)36(44)41-21-11-16-32(41)18-19-37(4,25-46-28(3)42)23-30-14-10-15-31(22-30)33-17-8-9-20-39-33/h5-10,12-15,17-20,22,26-27,32,34H,11,16,21,23-25,38H2,1-4H3,(H,40,43)/b19-18+/t26-,27+,32-,34-,37-/m0/s1. The highest BCUT2D eigenvalue weighted by atomic mass is 16.5. The number of likely N-dealkylation sites (tertiary alicyclic amines) is 1. The first-order chi connectivity index (χ1) is 22.0. The maximum absolute atomic E-state index is 14.1. The van der Waals surface area contributed by atoms with Gasteiger partial charge in [-0.2, -0.15) is 0 Å². The van der Waals surface area contributed by atoms with Gasteiger partial charge in [0.05, 0.1) is 30.5 Å². The van der Waals surface area contributed by atoms with E-state index in [1.54, 1.807) is 24.9 Å². The van der Waals surface area contributed by atoms with E-state index in [0.717, 1.165) is 35.2 Å². The number of amides is 2. The van der Waals surface area contributed by atoms with Gasteiger partial charge in [-0.05, 0) is 62.4 Å². The van der Waals surface area contributed by atoms with Crippen LogP contribution in [0.5, 0.6) is 0 Å². The summed E-state index contributed by atoms with van der Waals surface area (Å²) in [4.78, 5) is 44.9. The Balaban J connectivity index is 1.53. The van der Waals surface area contributed by atoms with E-state index in [2.05, 4.69) is 28.5 Å². The molecule has 46 heavy (non-hydrogen) atoms. The topological polar surface area (TPSA) is 124 Å². The summed E-state index contributed by atoms with van der Waals surface area (Å²) in [5.74, 6) is -0.982. The number of nitrogens with two attached hydrogens (primary N) is 1. The Labute approximate surface area is 272 Å². The number of nitrogens with one attached hydrogen (secondary N) is 1. The molecule has 2 amide bonds. The van der Waals surface area contributed by atoms with Gasteiger partial charge < -0.3 is 25.4 Å². The first kappa shape index (κ1) is 34.5. The van der Waals surface area contributed by atoms with E-state index in [1.807, 2.05) is 73.7 Å². The maximum Gasteiger partial charge on any atom is 0.302 e. The predicted octanol–water partition coefficient (Wildman–Crippen LogP) is 4.85. The van der Waals surface area contributed by atoms with E-state index in [4.69, 9.17) is 15.2 Å². The molecule has 244 valence electrons. The number of pyridine rings is 1. The molecule has 1 aliphatic heterocycles. The van der Waals surface area contributed by atoms with Gasteiger partial charge in [0.15, 0.2) is 0 Å². The molecule has 0 aliphatic carbocycles. The fourth-order valence-corrected chi connectivity index (χ4v) is 5.62. The Kier molecular flexibility index (Phi) is 12.2. The number of carbonyl (C=O) groups is 3. The smallest absolute Gasteiger partial charge is 0.302 e. The van der Waals surface area contributed by atoms with Crippen LogP contribution in [-0.4, -0.2) is 65.0 Å². The van der Waals surface area contributed by atoms with Crippen molar-refractivity contribution in [2.45, 2.75) is 77.8 Å². The summed E-state index contributed by atoms with van der Waals surface area (Å²) in [6, 6.07) is 21.8. The highest BCUT2D eigenvalue weighted by Gasteiger charge is 2.37. The Hall–Kier alpha value is -4.34. The number of nitrogens with zero attached hydrogens (tertiary/aromatic N) is 2. The van der Waals surface area contributed by atoms with Crippen molar-refractivity contribution in [3.63, 3.8) is 0 Å². The molecule has 3 N–H and O–H groups in total. The normalized spacial score (nSPS) is 18.0. The number of ether oxygens (including phenoxy) is 2. The third kappa shape index (κ3) is 9.83. The summed E-state index contributed by atoms with van der Waals surface area (Å²) in [5, 5.41) is 2.84. The van der Waals surface area contributed by atoms with Crippen molar-refractivity contribution >= 4 is 17.8 Å². The van der Waals surface area contributed by atoms with Crippen molar-refractivity contribution in [3.8, 4) is 11.3 Å². The zero-order chi connectivity index (χ0) is 33.1. The highest BCUT2D eigenvalue weighted by Crippen LogP contribution is 2.30. The molecule has 0 radical (unpaired) electrons. The largest absolute Gasteiger partial charge is 0.465 e. The van der Waals surface area contributed by atoms with Gasteiger partial charge in [-0.25, -0.2) is 0 Å². The Bertz CT molecular complexity index is 1480. The zero-order valence-electron chi connectivity index (χ0n) is 27.2. The molecule has 1 fully saturated rings. The minimum Gasteiger partial charge on any atom is -0.465 e. The molecular weight excluding hydrogens is 580 g/mol. The van der Waals surface area contributed by atoms with E-state index in [0.29, 0.717) is 19.6 Å². The second-order valence-corrected chi connectivity index (χ2v) is 12.4. The quantitative estimate of drug-likeness (QED) is 0.194. The number of hydrogen-bond acceptors (Lipinski definition) is 7. The number of aromatic nitrogens is 1. The van der Waals surface area contributed by atoms with Crippen molar-refractivity contribution < 1.29 is 23.9 Å². The van der Waals surface area contributed by atoms with Crippen molar-refractivity contribution in [1.29, 1.82) is 0 Å². The van der Waals surface area contributed by atoms with Crippen LogP contribution in [0.2, 0.25) is 0 Å². The lowest BCUT2D eigenvalue weighted by atomic mass is 9.83. The molecule has 9 heteroatoms. The lowest BCUT2D eigenvalue weighted by Gasteiger charge is -2.32. The SMILES string of the molecule is CC(=O)OC[C@@](C)(/C=C/[C@@H]1CCCN1C(=O)[C@@H](NC(=O)[C@H](C)N)[C@@H](C)OCc1ccccc1)Cc1cccc(-c2ccccn2)c1. The van der Waals surface area contributed by atoms with Crippen molar-refractivity contribution in [2.75, 3.05) is 13.2 Å². The van der Waals surface area contributed by atoms with Gasteiger partial charge in [0.25, 0.3) is 0 Å². The van der Waals surface area contributed by atoms with Crippen LogP contribution in [0, 0.1) is 5.41 Å². The summed E-state index contributed by atoms with van der Waals surface area (Å²) >= 11 is 0. The molecule has 0 saturated carbocycles. The minimum absolute atomic E-state index is 0.185. The summed E-state index contributed by atoms with van der Waals surface area (Å²) in [6.07, 6.45) is 7.47. The number of rotatable bonds is 14. The van der Waals surface area contributed by atoms with Gasteiger partial charge in [-0.1, -0.05) is 73.7 Å². The van der Waals surface area contributed by atoms with Crippen LogP contribution in [0.15, 0.2) is 91.1 Å². The predicted molar refractivity (Wildman–Crippen MR) is 178 cm³/mol. The average Bonchev–Trinajstić information content (AvgIpc) is 3.54. The molecule has 3 aromatic rings. The highest BCUT2D eigenvalue weighted by molar-refractivity contribution is 5.90. The van der Waals surface area contributed by atoms with Crippen LogP contribution < -0.4 is 11.1 Å². The molecule has 1 saturated heterocycles. The Morgan fingerprint density at radius 1 is 1.07 bits per heavy atom. The second kappa shape index (κ2) is 16.3. The molecule has 0 bridgehead atoms. The third-order valence-electron chi connectivity index (χ3n) is 8.21. The van der Waals surface area contributed by atoms with Crippen molar-refractivity contribution in [1.82, 2.24) is 15.2 Å². The molecule has 2 aromatic carbocycles. The van der Waals surface area contributed by atoms with Crippen LogP contribution >= 0.6 is 0 Å². The Morgan fingerprint density at radius 3 is 2.50 bits per heavy atom. The van der Waals surface area contributed by atoms with E-state index < -0.39 is 29.5 Å². The first-order valence-corrected chi connectivity index (χ1v) is 15.9. The maximum atomic E-state index is 14.1. The molecule has 2 heterocycles. The number of carbonyl (C=O) groups excluding carboxylic acids is 3. The van der Waals surface area contributed by atoms with Gasteiger partial charge >= 0.3 is 5.97 Å². The molecule has 1 aromatic heterocycles. The summed E-state index contributed by atoms with van der Waals surface area (Å²) in [7, 11) is 0. The van der Waals surface area contributed by atoms with E-state index in [1.165, 1.54) is 6.92 Å². The number of hydrogen-bond donors (Lipinski definition) is 2. The number of benzene rings is 2. The van der Waals surface area contributed by atoms with E-state index >= 15 is 0 Å². The van der Waals surface area contributed by atoms with Gasteiger partial charge in [-0.3, -0.25) is 19.4 Å². The van der Waals surface area contributed by atoms with Gasteiger partial charge in [-0.15, -0.1) is 0 Å². The lowest BCUT2D eigenvalue weighted by Crippen LogP contribution is -2.57. The molecule has 4 rings (SSSR count). The average molecular weight is 627 g/mol. The van der Waals surface area contributed by atoms with Gasteiger partial charge in [0, 0.05) is 30.6 Å². The van der Waals surface area contributed by atoms with Crippen molar-refractivity contribution in [3.05, 3.63) is 102 Å². The van der Waals surface area contributed by atoms with Gasteiger partial charge in [0.2, 0.25) is 11.8 Å². The van der Waals surface area contributed by atoms with Crippen LogP contribution in [0.25, 0.3) is 11.3 Å². The fraction of sp³-hybridized carbons (Fsp3) is 0.405. The molecule has 1 aliphatic rings. The summed E-state index contributed by atoms with van der Waals surface area (Å²) < 4.78 is 11.6. The fourth-order valence-electron chi connectivity index (χ4n) is 5.62. The summed E-state index contributed by atoms with van der Waals surface area (Å²) in [6.45, 7) is 7.88. The van der Waals surface area contributed by atoms with Crippen LogP contribution in [0.1, 0.15) is 51.7 Å². The molecule has 9 nitrogen and oxygen atoms in total. The lowest BCUT2D eigenvalue weighted by molar-refractivity contribution is -0.143. The summed E-state index contributed by atoms with van der Waals surface area (Å²) in [5.41, 5.74) is 9.25. The molecule has 0 unspecified atom stereocenters. The van der Waals surface area contributed by atoms with E-state index in [-0.39, 0.29) is 24.5 Å². The molecule has 0 spiro atoms. The Morgan fingerprint density at radius 2 is 1.80 bits per heavy atom. The van der Waals surface area contributed by atoms with Gasteiger partial charge in [0.1, 0.15) is 12.6 Å². The number of esters is 1. The second-order valence-electron chi connectivity index (χ2n) is 12.4. The van der Waals surface area contributed by atoms with Crippen LogP contribution in [0.3, 0.4) is 0 Å². The third-order valence-corrected chi connectivity index (χ3v) is 8.21. The molecular formula is C37H46N4O5. The monoisotopic (exact) mass is 626 g/mol. The van der Waals surface area contributed by atoms with Crippen LogP contribution in [-0.2, 0) is 36.9 Å².